The van der Waals surface area contributed by atoms with Crippen LogP contribution in [0.5, 0.6) is 6.01 Å². The predicted octanol–water partition coefficient (Wildman–Crippen LogP) is 2.87. The minimum Gasteiger partial charge on any atom is -0.468 e. The summed E-state index contributed by atoms with van der Waals surface area (Å²) in [5.74, 6) is -0.890. The fourth-order valence-electron chi connectivity index (χ4n) is 5.95. The number of aromatic nitrogens is 2. The number of amides is 2. The quantitative estimate of drug-likeness (QED) is 0.263. The summed E-state index contributed by atoms with van der Waals surface area (Å²) >= 11 is 0. The summed E-state index contributed by atoms with van der Waals surface area (Å²) in [4.78, 5) is 47.5. The number of morpholine rings is 1. The Labute approximate surface area is 253 Å². The minimum atomic E-state index is -1.08. The molecule has 0 saturated carbocycles. The highest BCUT2D eigenvalue weighted by Crippen LogP contribution is 2.28. The Bertz CT molecular complexity index is 1230. The van der Waals surface area contributed by atoms with Gasteiger partial charge in [-0.25, -0.2) is 4.79 Å². The number of imidazole rings is 1. The summed E-state index contributed by atoms with van der Waals surface area (Å²) in [6.07, 6.45) is 1.55. The zero-order chi connectivity index (χ0) is 30.9. The number of hydrogen-bond acceptors (Lipinski definition) is 8. The summed E-state index contributed by atoms with van der Waals surface area (Å²) in [6, 6.07) is 8.96. The van der Waals surface area contributed by atoms with Crippen molar-refractivity contribution in [1.29, 1.82) is 0 Å². The van der Waals surface area contributed by atoms with Gasteiger partial charge in [-0.1, -0.05) is 32.0 Å². The molecule has 0 radical (unpaired) electrons. The van der Waals surface area contributed by atoms with Gasteiger partial charge in [-0.05, 0) is 43.7 Å². The first kappa shape index (κ1) is 32.4. The normalized spacial score (nSPS) is 19.8. The highest BCUT2D eigenvalue weighted by Gasteiger charge is 2.39. The first-order chi connectivity index (χ1) is 20.7. The number of rotatable bonds is 13. The largest absolute Gasteiger partial charge is 0.468 e. The number of ether oxygens (including phenoxy) is 3. The molecule has 1 aromatic heterocycles. The number of nitrogens with one attached hydrogen (secondary N) is 1. The molecular formula is C31H45N5O7. The number of para-hydroxylation sites is 1. The molecule has 3 heterocycles. The first-order valence-electron chi connectivity index (χ1n) is 15.1. The van der Waals surface area contributed by atoms with Crippen LogP contribution in [0, 0.1) is 11.8 Å². The molecule has 2 aliphatic heterocycles. The van der Waals surface area contributed by atoms with Gasteiger partial charge in [0.2, 0.25) is 5.91 Å². The van der Waals surface area contributed by atoms with Crippen molar-refractivity contribution in [2.75, 3.05) is 60.2 Å². The lowest BCUT2D eigenvalue weighted by Crippen LogP contribution is -2.58. The molecule has 2 saturated heterocycles. The van der Waals surface area contributed by atoms with Crippen LogP contribution < -0.4 is 10.1 Å². The summed E-state index contributed by atoms with van der Waals surface area (Å²) in [5, 5.41) is 13.3. The van der Waals surface area contributed by atoms with Crippen LogP contribution in [0.4, 0.5) is 4.79 Å². The Balaban J connectivity index is 1.62. The molecule has 0 spiro atoms. The van der Waals surface area contributed by atoms with E-state index in [4.69, 9.17) is 19.2 Å². The van der Waals surface area contributed by atoms with Crippen LogP contribution in [0.1, 0.15) is 49.3 Å². The zero-order valence-corrected chi connectivity index (χ0v) is 25.7. The van der Waals surface area contributed by atoms with Gasteiger partial charge in [0.05, 0.1) is 43.7 Å². The fraction of sp³-hybridized carbons (Fsp3) is 0.613. The average molecular weight is 600 g/mol. The molecule has 12 nitrogen and oxygen atoms in total. The number of benzene rings is 1. The molecule has 0 bridgehead atoms. The van der Waals surface area contributed by atoms with E-state index in [-0.39, 0.29) is 36.7 Å². The summed E-state index contributed by atoms with van der Waals surface area (Å²) in [5.41, 5.74) is 1.93. The maximum atomic E-state index is 14.3. The smallest absolute Gasteiger partial charge is 0.407 e. The Morgan fingerprint density at radius 2 is 1.79 bits per heavy atom. The Kier molecular flexibility index (Phi) is 11.5. The molecule has 1 aromatic carbocycles. The lowest BCUT2D eigenvalue weighted by molar-refractivity contribution is -0.141. The summed E-state index contributed by atoms with van der Waals surface area (Å²) in [7, 11) is 3.21. The van der Waals surface area contributed by atoms with Crippen molar-refractivity contribution in [1.82, 2.24) is 24.7 Å². The Hall–Kier alpha value is -3.48. The number of nitrogens with zero attached hydrogens (tertiary/aromatic N) is 4. The van der Waals surface area contributed by atoms with Crippen molar-refractivity contribution in [2.24, 2.45) is 11.8 Å². The molecule has 2 N–H and O–H groups in total. The number of unbranched alkanes of at least 4 members (excludes halogenated alkanes) is 1. The highest BCUT2D eigenvalue weighted by molar-refractivity contribution is 6.00. The van der Waals surface area contributed by atoms with Gasteiger partial charge in [0.1, 0.15) is 5.69 Å². The molecular weight excluding hydrogens is 554 g/mol. The van der Waals surface area contributed by atoms with Crippen molar-refractivity contribution < 1.29 is 33.7 Å². The third-order valence-corrected chi connectivity index (χ3v) is 8.14. The van der Waals surface area contributed by atoms with Crippen LogP contribution >= 0.6 is 0 Å². The van der Waals surface area contributed by atoms with Crippen LogP contribution in [-0.2, 0) is 20.7 Å². The molecule has 2 fully saturated rings. The third kappa shape index (κ3) is 7.92. The average Bonchev–Trinajstić information content (AvgIpc) is 3.40. The molecule has 43 heavy (non-hydrogen) atoms. The number of ketones is 1. The first-order valence-corrected chi connectivity index (χ1v) is 15.1. The lowest BCUT2D eigenvalue weighted by Gasteiger charge is -2.40. The molecule has 4 rings (SSSR count). The summed E-state index contributed by atoms with van der Waals surface area (Å²) in [6.45, 7) is 6.76. The minimum absolute atomic E-state index is 0.0711. The molecule has 2 aromatic rings. The van der Waals surface area contributed by atoms with E-state index < -0.39 is 18.1 Å². The molecule has 1 unspecified atom stereocenters. The van der Waals surface area contributed by atoms with Crippen LogP contribution in [0.25, 0.3) is 5.69 Å². The molecule has 2 aliphatic rings. The zero-order valence-electron chi connectivity index (χ0n) is 25.7. The van der Waals surface area contributed by atoms with Gasteiger partial charge in [0.25, 0.3) is 0 Å². The van der Waals surface area contributed by atoms with Crippen molar-refractivity contribution >= 4 is 17.8 Å². The predicted molar refractivity (Wildman–Crippen MR) is 160 cm³/mol. The number of hydrogen-bond donors (Lipinski definition) is 2. The van der Waals surface area contributed by atoms with Gasteiger partial charge in [-0.2, -0.15) is 4.98 Å². The molecule has 0 aliphatic carbocycles. The Morgan fingerprint density at radius 3 is 2.42 bits per heavy atom. The van der Waals surface area contributed by atoms with Gasteiger partial charge in [0.15, 0.2) is 5.78 Å². The lowest BCUT2D eigenvalue weighted by atomic mass is 9.89. The van der Waals surface area contributed by atoms with Gasteiger partial charge >= 0.3 is 12.1 Å². The number of likely N-dealkylation sites (tertiary alicyclic amines) is 1. The Morgan fingerprint density at radius 1 is 1.07 bits per heavy atom. The fourth-order valence-corrected chi connectivity index (χ4v) is 5.95. The van der Waals surface area contributed by atoms with E-state index in [1.165, 1.54) is 12.0 Å². The maximum absolute atomic E-state index is 14.3. The van der Waals surface area contributed by atoms with Gasteiger partial charge in [-0.3, -0.25) is 14.2 Å². The number of methoxy groups -OCH3 is 2. The second kappa shape index (κ2) is 15.3. The van der Waals surface area contributed by atoms with Gasteiger partial charge in [0, 0.05) is 45.9 Å². The van der Waals surface area contributed by atoms with Crippen LogP contribution in [0.3, 0.4) is 0 Å². The SMILES string of the molecule is COCCCCc1c(C(=O)C(N[C@H]2C[C@@H](C(=O)N3CCOCC3)CN(C(=O)O)C2)C(C)C)nc(OC)n1-c1ccccc1. The van der Waals surface area contributed by atoms with Crippen molar-refractivity contribution in [2.45, 2.75) is 51.6 Å². The van der Waals surface area contributed by atoms with Crippen LogP contribution in [0.15, 0.2) is 30.3 Å². The third-order valence-electron chi connectivity index (χ3n) is 8.14. The molecule has 3 atom stereocenters. The van der Waals surface area contributed by atoms with Crippen molar-refractivity contribution in [3.63, 3.8) is 0 Å². The number of carbonyl (C=O) groups is 3. The molecule has 2 amide bonds. The number of carbonyl (C=O) groups excluding carboxylic acids is 2. The maximum Gasteiger partial charge on any atom is 0.407 e. The molecule has 12 heteroatoms. The van der Waals surface area contributed by atoms with E-state index in [1.807, 2.05) is 48.7 Å². The monoisotopic (exact) mass is 599 g/mol. The van der Waals surface area contributed by atoms with Crippen molar-refractivity contribution in [3.8, 4) is 11.7 Å². The van der Waals surface area contributed by atoms with E-state index in [9.17, 15) is 19.5 Å². The highest BCUT2D eigenvalue weighted by atomic mass is 16.5. The topological polar surface area (TPSA) is 135 Å². The number of carboxylic acid groups (broad SMARTS) is 1. The second-order valence-corrected chi connectivity index (χ2v) is 11.5. The van der Waals surface area contributed by atoms with Gasteiger partial charge in [-0.15, -0.1) is 0 Å². The molecule has 236 valence electrons. The van der Waals surface area contributed by atoms with Crippen LogP contribution in [0.2, 0.25) is 0 Å². The number of piperidine rings is 1. The van der Waals surface area contributed by atoms with Crippen LogP contribution in [-0.4, -0.2) is 115 Å². The second-order valence-electron chi connectivity index (χ2n) is 11.5. The van der Waals surface area contributed by atoms with E-state index in [0.29, 0.717) is 57.5 Å². The van der Waals surface area contributed by atoms with E-state index in [0.717, 1.165) is 24.2 Å². The van der Waals surface area contributed by atoms with Gasteiger partial charge < -0.3 is 34.4 Å². The standard InChI is InChI=1S/C31H45N5O7/c1-21(2)26(32-23-18-22(19-35(20-23)31(39)40)29(38)34-13-16-43-17-14-34)28(37)27-25(12-8-9-15-41-3)36(30(33-27)42-4)24-10-6-5-7-11-24/h5-7,10-11,21-23,26,32H,8-9,12-20H2,1-4H3,(H,39,40)/t22-,23+,26?/m1/s1. The van der Waals surface area contributed by atoms with E-state index in [2.05, 4.69) is 5.32 Å². The van der Waals surface area contributed by atoms with E-state index >= 15 is 0 Å². The van der Waals surface area contributed by atoms with Crippen molar-refractivity contribution in [3.05, 3.63) is 41.7 Å². The summed E-state index contributed by atoms with van der Waals surface area (Å²) < 4.78 is 18.2. The van der Waals surface area contributed by atoms with E-state index in [1.54, 1.807) is 12.0 Å². The number of Topliss-reactive ketones (excluding diaryl/α,β-unsaturated/α-hetero) is 1.